The quantitative estimate of drug-likeness (QED) is 0.236. The van der Waals surface area contributed by atoms with Crippen LogP contribution in [0.15, 0.2) is 58.2 Å². The highest BCUT2D eigenvalue weighted by atomic mass is 32.2. The van der Waals surface area contributed by atoms with Crippen LogP contribution in [0.1, 0.15) is 36.3 Å². The summed E-state index contributed by atoms with van der Waals surface area (Å²) in [5.74, 6) is 2.91. The van der Waals surface area contributed by atoms with E-state index in [1.54, 1.807) is 16.6 Å². The van der Waals surface area contributed by atoms with Gasteiger partial charge in [-0.1, -0.05) is 60.6 Å². The van der Waals surface area contributed by atoms with Gasteiger partial charge in [-0.25, -0.2) is 0 Å². The topological polar surface area (TPSA) is 91.8 Å². The number of nitrogens with zero attached hydrogens (tertiary/aromatic N) is 6. The van der Waals surface area contributed by atoms with E-state index >= 15 is 0 Å². The minimum absolute atomic E-state index is 0.272. The molecule has 4 rings (SSSR count). The fourth-order valence-corrected chi connectivity index (χ4v) is 3.87. The zero-order valence-electron chi connectivity index (χ0n) is 18.3. The molecule has 0 unspecified atom stereocenters. The Morgan fingerprint density at radius 2 is 1.84 bits per heavy atom. The first-order chi connectivity index (χ1) is 15.7. The minimum atomic E-state index is 0.272. The van der Waals surface area contributed by atoms with Gasteiger partial charge in [0.1, 0.15) is 5.75 Å². The fourth-order valence-electron chi connectivity index (χ4n) is 3.09. The van der Waals surface area contributed by atoms with Gasteiger partial charge in [0.05, 0.1) is 6.54 Å². The van der Waals surface area contributed by atoms with E-state index in [1.165, 1.54) is 0 Å². The van der Waals surface area contributed by atoms with Gasteiger partial charge in [-0.2, -0.15) is 4.80 Å². The average Bonchev–Trinajstić information content (AvgIpc) is 3.47. The number of aryl methyl sites for hydroxylation is 3. The molecule has 0 atom stereocenters. The summed E-state index contributed by atoms with van der Waals surface area (Å²) in [5, 5.41) is 21.5. The molecule has 2 aromatic carbocycles. The second-order valence-electron chi connectivity index (χ2n) is 7.50. The molecule has 2 heterocycles. The van der Waals surface area contributed by atoms with E-state index in [0.29, 0.717) is 16.9 Å². The lowest BCUT2D eigenvalue weighted by Gasteiger charge is -2.07. The third-order valence-corrected chi connectivity index (χ3v) is 5.76. The molecule has 0 aliphatic carbocycles. The fraction of sp³-hybridized carbons (Fsp3) is 0.348. The molecule has 4 aromatic rings. The summed E-state index contributed by atoms with van der Waals surface area (Å²) < 4.78 is 11.5. The summed E-state index contributed by atoms with van der Waals surface area (Å²) in [7, 11) is 0. The molecule has 0 saturated heterocycles. The summed E-state index contributed by atoms with van der Waals surface area (Å²) in [5.41, 5.74) is 3.22. The van der Waals surface area contributed by atoms with E-state index < -0.39 is 0 Å². The first-order valence-electron chi connectivity index (χ1n) is 10.7. The van der Waals surface area contributed by atoms with E-state index in [9.17, 15) is 0 Å². The molecule has 0 fully saturated rings. The molecule has 0 radical (unpaired) electrons. The van der Waals surface area contributed by atoms with Crippen LogP contribution in [0.4, 0.5) is 0 Å². The molecule has 0 aliphatic rings. The number of thioether (sulfide) groups is 1. The highest BCUT2D eigenvalue weighted by Crippen LogP contribution is 2.22. The lowest BCUT2D eigenvalue weighted by atomic mass is 10.1. The molecule has 0 aliphatic heterocycles. The van der Waals surface area contributed by atoms with E-state index in [2.05, 4.69) is 31.7 Å². The second kappa shape index (κ2) is 10.9. The van der Waals surface area contributed by atoms with Crippen LogP contribution in [0.5, 0.6) is 5.75 Å². The van der Waals surface area contributed by atoms with Gasteiger partial charge in [0.25, 0.3) is 11.1 Å². The standard InChI is InChI=1S/C23H26N6O2S/c1-17-11-12-18(2)20(15-17)30-16-21-24-26-23(31-21)32-14-8-4-7-13-29-27-22(25-28-29)19-9-5-3-6-10-19/h3,5-6,9-12,15H,4,7-8,13-14,16H2,1-2H3. The molecule has 32 heavy (non-hydrogen) atoms. The SMILES string of the molecule is Cc1ccc(C)c(OCc2nnc(SCCCCCn3nnc(-c4ccccc4)n3)o2)c1. The number of benzene rings is 2. The number of unbranched alkanes of at least 4 members (excludes halogenated alkanes) is 2. The van der Waals surface area contributed by atoms with Gasteiger partial charge >= 0.3 is 0 Å². The molecule has 0 bridgehead atoms. The zero-order chi connectivity index (χ0) is 22.2. The van der Waals surface area contributed by atoms with Crippen LogP contribution >= 0.6 is 11.8 Å². The second-order valence-corrected chi connectivity index (χ2v) is 8.55. The first kappa shape index (κ1) is 22.0. The molecular formula is C23H26N6O2S. The van der Waals surface area contributed by atoms with Crippen LogP contribution < -0.4 is 4.74 Å². The number of ether oxygens (including phenoxy) is 1. The van der Waals surface area contributed by atoms with Gasteiger partial charge in [-0.3, -0.25) is 0 Å². The molecule has 0 saturated carbocycles. The Labute approximate surface area is 191 Å². The van der Waals surface area contributed by atoms with E-state index in [1.807, 2.05) is 56.3 Å². The Bertz CT molecular complexity index is 1130. The Kier molecular flexibility index (Phi) is 7.50. The number of hydrogen-bond acceptors (Lipinski definition) is 8. The Morgan fingerprint density at radius 1 is 0.969 bits per heavy atom. The van der Waals surface area contributed by atoms with Crippen molar-refractivity contribution in [2.24, 2.45) is 0 Å². The van der Waals surface area contributed by atoms with Gasteiger partial charge in [0.15, 0.2) is 6.61 Å². The summed E-state index contributed by atoms with van der Waals surface area (Å²) >= 11 is 1.57. The summed E-state index contributed by atoms with van der Waals surface area (Å²) in [6.45, 7) is 5.09. The number of tetrazole rings is 1. The molecule has 166 valence electrons. The van der Waals surface area contributed by atoms with Crippen molar-refractivity contribution in [3.8, 4) is 17.1 Å². The Balaban J connectivity index is 1.13. The van der Waals surface area contributed by atoms with Crippen LogP contribution in [0.25, 0.3) is 11.4 Å². The van der Waals surface area contributed by atoms with Crippen LogP contribution in [0.3, 0.4) is 0 Å². The van der Waals surface area contributed by atoms with Crippen molar-refractivity contribution in [3.05, 3.63) is 65.5 Å². The van der Waals surface area contributed by atoms with Gasteiger partial charge < -0.3 is 9.15 Å². The predicted octanol–water partition coefficient (Wildman–Crippen LogP) is 4.88. The average molecular weight is 451 g/mol. The zero-order valence-corrected chi connectivity index (χ0v) is 19.1. The van der Waals surface area contributed by atoms with Crippen molar-refractivity contribution >= 4 is 11.8 Å². The van der Waals surface area contributed by atoms with Gasteiger partial charge in [-0.15, -0.1) is 20.4 Å². The van der Waals surface area contributed by atoms with Crippen molar-refractivity contribution in [1.82, 2.24) is 30.4 Å². The third-order valence-electron chi connectivity index (χ3n) is 4.86. The van der Waals surface area contributed by atoms with Crippen molar-refractivity contribution in [2.75, 3.05) is 5.75 Å². The van der Waals surface area contributed by atoms with Crippen LogP contribution in [0.2, 0.25) is 0 Å². The first-order valence-corrected chi connectivity index (χ1v) is 11.6. The van der Waals surface area contributed by atoms with Crippen molar-refractivity contribution in [1.29, 1.82) is 0 Å². The van der Waals surface area contributed by atoms with Gasteiger partial charge in [-0.05, 0) is 49.1 Å². The highest BCUT2D eigenvalue weighted by molar-refractivity contribution is 7.99. The predicted molar refractivity (Wildman–Crippen MR) is 122 cm³/mol. The molecule has 0 amide bonds. The molecule has 8 nitrogen and oxygen atoms in total. The van der Waals surface area contributed by atoms with E-state index in [-0.39, 0.29) is 6.61 Å². The third kappa shape index (κ3) is 6.16. The number of hydrogen-bond donors (Lipinski definition) is 0. The molecule has 0 spiro atoms. The van der Waals surface area contributed by atoms with Crippen LogP contribution in [-0.2, 0) is 13.2 Å². The van der Waals surface area contributed by atoms with Crippen molar-refractivity contribution in [2.45, 2.75) is 51.5 Å². The Hall–Kier alpha value is -3.20. The summed E-state index contributed by atoms with van der Waals surface area (Å²) in [4.78, 5) is 1.66. The Morgan fingerprint density at radius 3 is 2.72 bits per heavy atom. The van der Waals surface area contributed by atoms with E-state index in [0.717, 1.165) is 54.0 Å². The van der Waals surface area contributed by atoms with Crippen molar-refractivity contribution < 1.29 is 9.15 Å². The number of aromatic nitrogens is 6. The van der Waals surface area contributed by atoms with Crippen LogP contribution in [-0.4, -0.2) is 36.2 Å². The molecule has 9 heteroatoms. The minimum Gasteiger partial charge on any atom is -0.484 e. The molecule has 0 N–H and O–H groups in total. The lowest BCUT2D eigenvalue weighted by Crippen LogP contribution is -2.02. The number of rotatable bonds is 11. The maximum Gasteiger partial charge on any atom is 0.276 e. The van der Waals surface area contributed by atoms with Crippen LogP contribution in [0, 0.1) is 13.8 Å². The van der Waals surface area contributed by atoms with Crippen molar-refractivity contribution in [3.63, 3.8) is 0 Å². The maximum atomic E-state index is 5.82. The maximum absolute atomic E-state index is 5.82. The monoisotopic (exact) mass is 450 g/mol. The molecular weight excluding hydrogens is 424 g/mol. The highest BCUT2D eigenvalue weighted by Gasteiger charge is 2.09. The summed E-state index contributed by atoms with van der Waals surface area (Å²) in [6, 6.07) is 16.0. The normalized spacial score (nSPS) is 11.1. The van der Waals surface area contributed by atoms with Gasteiger partial charge in [0, 0.05) is 11.3 Å². The largest absolute Gasteiger partial charge is 0.484 e. The summed E-state index contributed by atoms with van der Waals surface area (Å²) in [6.07, 6.45) is 3.09. The molecule has 2 aromatic heterocycles. The van der Waals surface area contributed by atoms with Gasteiger partial charge in [0.2, 0.25) is 5.82 Å². The lowest BCUT2D eigenvalue weighted by molar-refractivity contribution is 0.250. The van der Waals surface area contributed by atoms with E-state index in [4.69, 9.17) is 9.15 Å². The smallest absolute Gasteiger partial charge is 0.276 e.